The Labute approximate surface area is 147 Å². The quantitative estimate of drug-likeness (QED) is 0.811. The van der Waals surface area contributed by atoms with Gasteiger partial charge in [-0.3, -0.25) is 4.79 Å². The third-order valence-electron chi connectivity index (χ3n) is 5.03. The average molecular weight is 340 g/mol. The molecule has 0 spiro atoms. The van der Waals surface area contributed by atoms with Crippen LogP contribution in [0.1, 0.15) is 41.0 Å². The Hall–Kier alpha value is -2.14. The minimum absolute atomic E-state index is 0.153. The number of aromatic nitrogens is 1. The van der Waals surface area contributed by atoms with Crippen molar-refractivity contribution in [3.05, 3.63) is 52.4 Å². The molecule has 1 aliphatic heterocycles. The van der Waals surface area contributed by atoms with Gasteiger partial charge in [0.1, 0.15) is 11.5 Å². The molecule has 5 heteroatoms. The summed E-state index contributed by atoms with van der Waals surface area (Å²) in [5, 5.41) is 4.16. The standard InChI is InChI=1S/C20H24N2O3/c1-14-2-4-15(5-3-14)10-20(23)22-9-8-19-17(11-22)18(21-25-19)13-24-12-16-6-7-16/h2-5,16H,6-13H2,1H3. The van der Waals surface area contributed by atoms with Crippen LogP contribution in [0.5, 0.6) is 0 Å². The third kappa shape index (κ3) is 3.93. The molecular formula is C20H24N2O3. The molecule has 1 saturated carbocycles. The highest BCUT2D eigenvalue weighted by Crippen LogP contribution is 2.29. The van der Waals surface area contributed by atoms with Crippen molar-refractivity contribution in [3.8, 4) is 0 Å². The highest BCUT2D eigenvalue weighted by molar-refractivity contribution is 5.79. The van der Waals surface area contributed by atoms with E-state index in [1.807, 2.05) is 29.2 Å². The molecule has 0 radical (unpaired) electrons. The van der Waals surface area contributed by atoms with E-state index >= 15 is 0 Å². The van der Waals surface area contributed by atoms with E-state index < -0.39 is 0 Å². The predicted octanol–water partition coefficient (Wildman–Crippen LogP) is 3.04. The SMILES string of the molecule is Cc1ccc(CC(=O)N2CCc3onc(COCC4CC4)c3C2)cc1. The van der Waals surface area contributed by atoms with Gasteiger partial charge in [0, 0.05) is 25.1 Å². The van der Waals surface area contributed by atoms with Crippen molar-refractivity contribution in [2.24, 2.45) is 5.92 Å². The number of carbonyl (C=O) groups excluding carboxylic acids is 1. The second-order valence-corrected chi connectivity index (χ2v) is 7.22. The molecule has 0 saturated heterocycles. The third-order valence-corrected chi connectivity index (χ3v) is 5.03. The van der Waals surface area contributed by atoms with E-state index in [4.69, 9.17) is 9.26 Å². The summed E-state index contributed by atoms with van der Waals surface area (Å²) in [5.41, 5.74) is 4.15. The maximum Gasteiger partial charge on any atom is 0.227 e. The van der Waals surface area contributed by atoms with Gasteiger partial charge in [-0.15, -0.1) is 0 Å². The Balaban J connectivity index is 1.38. The van der Waals surface area contributed by atoms with Crippen molar-refractivity contribution < 1.29 is 14.1 Å². The number of fused-ring (bicyclic) bond motifs is 1. The Morgan fingerprint density at radius 1 is 1.32 bits per heavy atom. The van der Waals surface area contributed by atoms with E-state index in [1.54, 1.807) is 0 Å². The zero-order chi connectivity index (χ0) is 17.2. The molecule has 0 atom stereocenters. The Morgan fingerprint density at radius 2 is 2.12 bits per heavy atom. The largest absolute Gasteiger partial charge is 0.375 e. The van der Waals surface area contributed by atoms with Crippen molar-refractivity contribution in [3.63, 3.8) is 0 Å². The van der Waals surface area contributed by atoms with Gasteiger partial charge >= 0.3 is 0 Å². The van der Waals surface area contributed by atoms with Crippen LogP contribution in [-0.2, 0) is 35.5 Å². The molecule has 2 aliphatic rings. The van der Waals surface area contributed by atoms with Gasteiger partial charge in [0.2, 0.25) is 5.91 Å². The summed E-state index contributed by atoms with van der Waals surface area (Å²) in [6.45, 7) is 4.60. The van der Waals surface area contributed by atoms with Crippen LogP contribution < -0.4 is 0 Å². The fourth-order valence-corrected chi connectivity index (χ4v) is 3.19. The van der Waals surface area contributed by atoms with Gasteiger partial charge in [0.05, 0.1) is 19.6 Å². The van der Waals surface area contributed by atoms with E-state index in [-0.39, 0.29) is 5.91 Å². The Bertz CT molecular complexity index is 747. The molecule has 25 heavy (non-hydrogen) atoms. The van der Waals surface area contributed by atoms with Gasteiger partial charge in [-0.1, -0.05) is 35.0 Å². The van der Waals surface area contributed by atoms with Crippen molar-refractivity contribution in [1.29, 1.82) is 0 Å². The molecule has 5 nitrogen and oxygen atoms in total. The molecule has 1 aliphatic carbocycles. The Kier molecular flexibility index (Phi) is 4.57. The lowest BCUT2D eigenvalue weighted by molar-refractivity contribution is -0.131. The number of nitrogens with zero attached hydrogens (tertiary/aromatic N) is 2. The summed E-state index contributed by atoms with van der Waals surface area (Å²) >= 11 is 0. The zero-order valence-electron chi connectivity index (χ0n) is 14.7. The topological polar surface area (TPSA) is 55.6 Å². The highest BCUT2D eigenvalue weighted by atomic mass is 16.5. The summed E-state index contributed by atoms with van der Waals surface area (Å²) in [5.74, 6) is 1.79. The van der Waals surface area contributed by atoms with Crippen LogP contribution in [0.4, 0.5) is 0 Å². The van der Waals surface area contributed by atoms with Gasteiger partial charge < -0.3 is 14.2 Å². The van der Waals surface area contributed by atoms with Crippen LogP contribution >= 0.6 is 0 Å². The first-order valence-corrected chi connectivity index (χ1v) is 9.06. The average Bonchev–Trinajstić information content (AvgIpc) is 3.36. The molecular weight excluding hydrogens is 316 g/mol. The monoisotopic (exact) mass is 340 g/mol. The smallest absolute Gasteiger partial charge is 0.227 e. The molecule has 0 N–H and O–H groups in total. The predicted molar refractivity (Wildman–Crippen MR) is 92.9 cm³/mol. The van der Waals surface area contributed by atoms with Gasteiger partial charge in [0.15, 0.2) is 0 Å². The molecule has 132 valence electrons. The van der Waals surface area contributed by atoms with Gasteiger partial charge in [-0.05, 0) is 31.2 Å². The lowest BCUT2D eigenvalue weighted by Gasteiger charge is -2.26. The van der Waals surface area contributed by atoms with E-state index in [0.29, 0.717) is 26.1 Å². The molecule has 4 rings (SSSR count). The summed E-state index contributed by atoms with van der Waals surface area (Å²) in [4.78, 5) is 14.6. The van der Waals surface area contributed by atoms with Gasteiger partial charge in [0.25, 0.3) is 0 Å². The molecule has 0 bridgehead atoms. The molecule has 1 aromatic carbocycles. The summed E-state index contributed by atoms with van der Waals surface area (Å²) in [6.07, 6.45) is 3.72. The van der Waals surface area contributed by atoms with Crippen molar-refractivity contribution in [1.82, 2.24) is 10.1 Å². The normalized spacial score (nSPS) is 16.8. The summed E-state index contributed by atoms with van der Waals surface area (Å²) < 4.78 is 11.2. The first-order chi connectivity index (χ1) is 12.2. The number of carbonyl (C=O) groups is 1. The number of rotatable bonds is 6. The van der Waals surface area contributed by atoms with Crippen LogP contribution in [0, 0.1) is 12.8 Å². The molecule has 1 aromatic heterocycles. The number of hydrogen-bond donors (Lipinski definition) is 0. The van der Waals surface area contributed by atoms with E-state index in [2.05, 4.69) is 12.1 Å². The van der Waals surface area contributed by atoms with E-state index in [9.17, 15) is 4.79 Å². The highest BCUT2D eigenvalue weighted by Gasteiger charge is 2.27. The lowest BCUT2D eigenvalue weighted by Crippen LogP contribution is -2.36. The van der Waals surface area contributed by atoms with Crippen LogP contribution in [0.15, 0.2) is 28.8 Å². The number of hydrogen-bond acceptors (Lipinski definition) is 4. The zero-order valence-corrected chi connectivity index (χ0v) is 14.7. The minimum Gasteiger partial charge on any atom is -0.375 e. The fraction of sp³-hybridized carbons (Fsp3) is 0.500. The van der Waals surface area contributed by atoms with Crippen LogP contribution in [0.25, 0.3) is 0 Å². The van der Waals surface area contributed by atoms with Crippen molar-refractivity contribution >= 4 is 5.91 Å². The second-order valence-electron chi connectivity index (χ2n) is 7.22. The minimum atomic E-state index is 0.153. The van der Waals surface area contributed by atoms with E-state index in [0.717, 1.165) is 41.5 Å². The van der Waals surface area contributed by atoms with Crippen LogP contribution in [0.2, 0.25) is 0 Å². The molecule has 1 amide bonds. The molecule has 2 heterocycles. The fourth-order valence-electron chi connectivity index (χ4n) is 3.19. The van der Waals surface area contributed by atoms with Crippen LogP contribution in [-0.4, -0.2) is 29.1 Å². The maximum absolute atomic E-state index is 12.7. The van der Waals surface area contributed by atoms with Crippen molar-refractivity contribution in [2.75, 3.05) is 13.2 Å². The second kappa shape index (κ2) is 7.00. The van der Waals surface area contributed by atoms with E-state index in [1.165, 1.54) is 18.4 Å². The van der Waals surface area contributed by atoms with Gasteiger partial charge in [-0.2, -0.15) is 0 Å². The van der Waals surface area contributed by atoms with Gasteiger partial charge in [-0.25, -0.2) is 0 Å². The maximum atomic E-state index is 12.7. The summed E-state index contributed by atoms with van der Waals surface area (Å²) in [6, 6.07) is 8.15. The first kappa shape index (κ1) is 16.3. The van der Waals surface area contributed by atoms with Crippen LogP contribution in [0.3, 0.4) is 0 Å². The number of aryl methyl sites for hydroxylation is 1. The molecule has 0 unspecified atom stereocenters. The van der Waals surface area contributed by atoms with Crippen molar-refractivity contribution in [2.45, 2.75) is 45.8 Å². The molecule has 1 fully saturated rings. The first-order valence-electron chi connectivity index (χ1n) is 9.06. The number of amides is 1. The lowest BCUT2D eigenvalue weighted by atomic mass is 10.0. The number of ether oxygens (including phenoxy) is 1. The molecule has 2 aromatic rings. The Morgan fingerprint density at radius 3 is 2.88 bits per heavy atom. The number of benzene rings is 1. The summed E-state index contributed by atoms with van der Waals surface area (Å²) in [7, 11) is 0.